The van der Waals surface area contributed by atoms with Crippen molar-refractivity contribution < 1.29 is 19.2 Å². The van der Waals surface area contributed by atoms with E-state index in [0.717, 1.165) is 36.8 Å². The van der Waals surface area contributed by atoms with Crippen molar-refractivity contribution in [3.05, 3.63) is 83.3 Å². The zero-order valence-electron chi connectivity index (χ0n) is 16.3. The van der Waals surface area contributed by atoms with E-state index in [9.17, 15) is 0 Å². The lowest BCUT2D eigenvalue weighted by atomic mass is 9.92. The molecule has 0 radical (unpaired) electrons. The van der Waals surface area contributed by atoms with Crippen molar-refractivity contribution >= 4 is 0 Å². The highest BCUT2D eigenvalue weighted by Gasteiger charge is 2.17. The number of benzene rings is 2. The molecule has 2 aromatic carbocycles. The second kappa shape index (κ2) is 9.28. The minimum atomic E-state index is 0.280. The quantitative estimate of drug-likeness (QED) is 0.585. The van der Waals surface area contributed by atoms with E-state index in [1.165, 1.54) is 16.7 Å². The van der Waals surface area contributed by atoms with E-state index in [2.05, 4.69) is 48.6 Å². The number of furan rings is 1. The molecular weight excluding hydrogens is 338 g/mol. The third kappa shape index (κ3) is 4.92. The molecule has 0 aliphatic heterocycles. The van der Waals surface area contributed by atoms with Gasteiger partial charge in [-0.2, -0.15) is 0 Å². The molecule has 3 rings (SSSR count). The van der Waals surface area contributed by atoms with E-state index in [0.29, 0.717) is 0 Å². The SMILES string of the molecule is COc1ccc(C[NH2+]CC[C@@H](c2ccc(C)cc2)c2ccco2)cc1OC. The van der Waals surface area contributed by atoms with Crippen molar-refractivity contribution in [3.8, 4) is 11.5 Å². The molecule has 1 heterocycles. The van der Waals surface area contributed by atoms with E-state index in [1.54, 1.807) is 20.5 Å². The first kappa shape index (κ1) is 19.1. The molecule has 0 unspecified atom stereocenters. The van der Waals surface area contributed by atoms with Gasteiger partial charge in [-0.1, -0.05) is 29.8 Å². The van der Waals surface area contributed by atoms with Crippen LogP contribution in [-0.2, 0) is 6.54 Å². The Bertz CT molecular complexity index is 825. The summed E-state index contributed by atoms with van der Waals surface area (Å²) < 4.78 is 16.4. The maximum atomic E-state index is 5.71. The number of aryl methyl sites for hydroxylation is 1. The van der Waals surface area contributed by atoms with Gasteiger partial charge in [0.25, 0.3) is 0 Å². The fraction of sp³-hybridized carbons (Fsp3) is 0.304. The fourth-order valence-corrected chi connectivity index (χ4v) is 3.32. The minimum absolute atomic E-state index is 0.280. The standard InChI is InChI=1S/C23H27NO3/c1-17-6-9-19(10-7-17)20(21-5-4-14-27-21)12-13-24-16-18-8-11-22(25-2)23(15-18)26-3/h4-11,14-15,20,24H,12-13,16H2,1-3H3/p+1/t20-/m0/s1. The van der Waals surface area contributed by atoms with Gasteiger partial charge in [0.1, 0.15) is 12.3 Å². The minimum Gasteiger partial charge on any atom is -0.493 e. The summed E-state index contributed by atoms with van der Waals surface area (Å²) in [5.74, 6) is 2.84. The van der Waals surface area contributed by atoms with Crippen LogP contribution in [0.1, 0.15) is 34.8 Å². The van der Waals surface area contributed by atoms with Crippen LogP contribution < -0.4 is 14.8 Å². The van der Waals surface area contributed by atoms with Crippen LogP contribution in [0, 0.1) is 6.92 Å². The number of nitrogens with two attached hydrogens (primary N) is 1. The number of hydrogen-bond donors (Lipinski definition) is 1. The smallest absolute Gasteiger partial charge is 0.161 e. The van der Waals surface area contributed by atoms with E-state index in [4.69, 9.17) is 13.9 Å². The normalized spacial score (nSPS) is 12.0. The van der Waals surface area contributed by atoms with Crippen molar-refractivity contribution in [2.24, 2.45) is 0 Å². The zero-order chi connectivity index (χ0) is 19.1. The predicted octanol–water partition coefficient (Wildman–Crippen LogP) is 3.89. The zero-order valence-corrected chi connectivity index (χ0v) is 16.3. The molecule has 0 saturated heterocycles. The van der Waals surface area contributed by atoms with Gasteiger partial charge in [-0.25, -0.2) is 0 Å². The van der Waals surface area contributed by atoms with Gasteiger partial charge in [0.05, 0.1) is 27.0 Å². The van der Waals surface area contributed by atoms with E-state index in [1.807, 2.05) is 18.2 Å². The van der Waals surface area contributed by atoms with Gasteiger partial charge in [0.15, 0.2) is 11.5 Å². The molecule has 27 heavy (non-hydrogen) atoms. The second-order valence-corrected chi connectivity index (χ2v) is 6.74. The summed E-state index contributed by atoms with van der Waals surface area (Å²) in [6.07, 6.45) is 2.77. The van der Waals surface area contributed by atoms with Crippen LogP contribution in [0.15, 0.2) is 65.3 Å². The monoisotopic (exact) mass is 366 g/mol. The molecule has 2 N–H and O–H groups in total. The van der Waals surface area contributed by atoms with Crippen LogP contribution in [-0.4, -0.2) is 20.8 Å². The molecule has 0 saturated carbocycles. The molecule has 0 fully saturated rings. The number of ether oxygens (including phenoxy) is 2. The van der Waals surface area contributed by atoms with Crippen LogP contribution in [0.4, 0.5) is 0 Å². The van der Waals surface area contributed by atoms with Gasteiger partial charge in [0, 0.05) is 17.9 Å². The highest BCUT2D eigenvalue weighted by Crippen LogP contribution is 2.28. The molecule has 142 valence electrons. The highest BCUT2D eigenvalue weighted by molar-refractivity contribution is 5.42. The first-order valence-electron chi connectivity index (χ1n) is 9.33. The third-order valence-electron chi connectivity index (χ3n) is 4.85. The van der Waals surface area contributed by atoms with Crippen molar-refractivity contribution in [1.29, 1.82) is 0 Å². The van der Waals surface area contributed by atoms with Gasteiger partial charge >= 0.3 is 0 Å². The van der Waals surface area contributed by atoms with Crippen LogP contribution in [0.2, 0.25) is 0 Å². The second-order valence-electron chi connectivity index (χ2n) is 6.74. The van der Waals surface area contributed by atoms with Crippen LogP contribution in [0.25, 0.3) is 0 Å². The highest BCUT2D eigenvalue weighted by atomic mass is 16.5. The molecule has 4 heteroatoms. The summed E-state index contributed by atoms with van der Waals surface area (Å²) >= 11 is 0. The van der Waals surface area contributed by atoms with E-state index < -0.39 is 0 Å². The molecule has 1 atom stereocenters. The Morgan fingerprint density at radius 1 is 0.963 bits per heavy atom. The summed E-state index contributed by atoms with van der Waals surface area (Å²) in [5, 5.41) is 2.32. The Morgan fingerprint density at radius 2 is 1.74 bits per heavy atom. The molecule has 4 nitrogen and oxygen atoms in total. The first-order valence-corrected chi connectivity index (χ1v) is 9.33. The lowest BCUT2D eigenvalue weighted by molar-refractivity contribution is -0.671. The lowest BCUT2D eigenvalue weighted by Crippen LogP contribution is -2.82. The predicted molar refractivity (Wildman–Crippen MR) is 106 cm³/mol. The average molecular weight is 366 g/mol. The Hall–Kier alpha value is -2.72. The van der Waals surface area contributed by atoms with Crippen molar-refractivity contribution in [2.75, 3.05) is 20.8 Å². The average Bonchev–Trinajstić information content (AvgIpc) is 3.23. The van der Waals surface area contributed by atoms with Gasteiger partial charge in [-0.3, -0.25) is 0 Å². The third-order valence-corrected chi connectivity index (χ3v) is 4.85. The summed E-state index contributed by atoms with van der Waals surface area (Å²) in [6, 6.07) is 18.9. The Labute approximate surface area is 161 Å². The van der Waals surface area contributed by atoms with E-state index >= 15 is 0 Å². The summed E-state index contributed by atoms with van der Waals surface area (Å²) in [5.41, 5.74) is 3.80. The van der Waals surface area contributed by atoms with Crippen LogP contribution in [0.5, 0.6) is 11.5 Å². The van der Waals surface area contributed by atoms with Gasteiger partial charge in [0.2, 0.25) is 0 Å². The van der Waals surface area contributed by atoms with Gasteiger partial charge in [-0.15, -0.1) is 0 Å². The number of hydrogen-bond acceptors (Lipinski definition) is 3. The van der Waals surface area contributed by atoms with Crippen molar-refractivity contribution in [3.63, 3.8) is 0 Å². The van der Waals surface area contributed by atoms with Gasteiger partial charge < -0.3 is 19.2 Å². The fourth-order valence-electron chi connectivity index (χ4n) is 3.32. The Kier molecular flexibility index (Phi) is 6.55. The molecule has 0 spiro atoms. The number of rotatable bonds is 9. The topological polar surface area (TPSA) is 48.2 Å². The lowest BCUT2D eigenvalue weighted by Gasteiger charge is -2.15. The van der Waals surface area contributed by atoms with E-state index in [-0.39, 0.29) is 5.92 Å². The number of quaternary nitrogens is 1. The van der Waals surface area contributed by atoms with Crippen LogP contribution in [0.3, 0.4) is 0 Å². The van der Waals surface area contributed by atoms with Crippen LogP contribution >= 0.6 is 0 Å². The van der Waals surface area contributed by atoms with Crippen molar-refractivity contribution in [2.45, 2.75) is 25.8 Å². The summed E-state index contributed by atoms with van der Waals surface area (Å²) in [7, 11) is 3.32. The van der Waals surface area contributed by atoms with Gasteiger partial charge in [-0.05, 0) is 42.8 Å². The maximum absolute atomic E-state index is 5.71. The van der Waals surface area contributed by atoms with Crippen molar-refractivity contribution in [1.82, 2.24) is 0 Å². The Balaban J connectivity index is 1.61. The molecule has 1 aromatic heterocycles. The first-order chi connectivity index (χ1) is 13.2. The molecule has 0 aliphatic carbocycles. The molecule has 0 amide bonds. The molecule has 0 bridgehead atoms. The maximum Gasteiger partial charge on any atom is 0.161 e. The molecule has 3 aromatic rings. The Morgan fingerprint density at radius 3 is 2.41 bits per heavy atom. The number of methoxy groups -OCH3 is 2. The summed E-state index contributed by atoms with van der Waals surface area (Å²) in [4.78, 5) is 0. The molecule has 0 aliphatic rings. The summed E-state index contributed by atoms with van der Waals surface area (Å²) in [6.45, 7) is 4.02. The largest absolute Gasteiger partial charge is 0.493 e. The molecular formula is C23H28NO3+.